The molecule has 0 saturated carbocycles. The summed E-state index contributed by atoms with van der Waals surface area (Å²) in [7, 11) is 2.03. The lowest BCUT2D eigenvalue weighted by atomic mass is 10.1. The molecule has 1 aromatic carbocycles. The summed E-state index contributed by atoms with van der Waals surface area (Å²) >= 11 is 0. The maximum Gasteiger partial charge on any atom is 0.407 e. The Morgan fingerprint density at radius 1 is 1.36 bits per heavy atom. The van der Waals surface area contributed by atoms with E-state index in [0.29, 0.717) is 13.0 Å². The van der Waals surface area contributed by atoms with E-state index in [1.54, 1.807) is 0 Å². The Labute approximate surface area is 131 Å². The van der Waals surface area contributed by atoms with E-state index in [4.69, 9.17) is 10.5 Å². The van der Waals surface area contributed by atoms with Gasteiger partial charge in [0.25, 0.3) is 0 Å². The summed E-state index contributed by atoms with van der Waals surface area (Å²) < 4.78 is 7.34. The number of nitrogens with one attached hydrogen (secondary N) is 1. The van der Waals surface area contributed by atoms with Crippen LogP contribution in [0.3, 0.4) is 0 Å². The molecule has 5 heteroatoms. The van der Waals surface area contributed by atoms with Gasteiger partial charge in [-0.15, -0.1) is 0 Å². The molecule has 1 amide bonds. The molecule has 5 nitrogen and oxygen atoms in total. The van der Waals surface area contributed by atoms with E-state index in [1.165, 1.54) is 10.9 Å². The van der Waals surface area contributed by atoms with E-state index >= 15 is 0 Å². The quantitative estimate of drug-likeness (QED) is 0.912. The summed E-state index contributed by atoms with van der Waals surface area (Å²) in [6, 6.07) is 10.2. The predicted molar refractivity (Wildman–Crippen MR) is 88.8 cm³/mol. The highest BCUT2D eigenvalue weighted by molar-refractivity contribution is 5.81. The Kier molecular flexibility index (Phi) is 4.76. The minimum Gasteiger partial charge on any atom is -0.444 e. The van der Waals surface area contributed by atoms with Crippen LogP contribution < -0.4 is 11.1 Å². The van der Waals surface area contributed by atoms with E-state index in [0.717, 1.165) is 5.69 Å². The number of hydrogen-bond acceptors (Lipinski definition) is 3. The van der Waals surface area contributed by atoms with Gasteiger partial charge in [0.15, 0.2) is 0 Å². The molecule has 0 aliphatic heterocycles. The van der Waals surface area contributed by atoms with Gasteiger partial charge in [0.2, 0.25) is 0 Å². The zero-order valence-electron chi connectivity index (χ0n) is 13.7. The summed E-state index contributed by atoms with van der Waals surface area (Å²) in [6.07, 6.45) is 0.265. The van der Waals surface area contributed by atoms with Crippen molar-refractivity contribution in [3.05, 3.63) is 36.0 Å². The molecule has 1 atom stereocenters. The maximum absolute atomic E-state index is 11.6. The molecule has 0 spiro atoms. The van der Waals surface area contributed by atoms with Gasteiger partial charge in [-0.1, -0.05) is 18.2 Å². The first-order valence-corrected chi connectivity index (χ1v) is 7.52. The number of aromatic nitrogens is 1. The number of nitrogens with two attached hydrogens (primary N) is 1. The van der Waals surface area contributed by atoms with Crippen LogP contribution in [0.25, 0.3) is 10.9 Å². The Morgan fingerprint density at radius 3 is 2.68 bits per heavy atom. The van der Waals surface area contributed by atoms with E-state index < -0.39 is 11.7 Å². The number of carbonyl (C=O) groups excluding carboxylic acids is 1. The average molecular weight is 303 g/mol. The second-order valence-electron chi connectivity index (χ2n) is 6.60. The van der Waals surface area contributed by atoms with Crippen molar-refractivity contribution in [1.29, 1.82) is 0 Å². The van der Waals surface area contributed by atoms with Gasteiger partial charge in [-0.25, -0.2) is 4.79 Å². The lowest BCUT2D eigenvalue weighted by Gasteiger charge is -2.20. The van der Waals surface area contributed by atoms with Crippen LogP contribution in [0, 0.1) is 0 Å². The Bertz CT molecular complexity index is 655. The van der Waals surface area contributed by atoms with Gasteiger partial charge in [0.05, 0.1) is 0 Å². The minimum atomic E-state index is -0.496. The second-order valence-corrected chi connectivity index (χ2v) is 6.60. The lowest BCUT2D eigenvalue weighted by molar-refractivity contribution is 0.0524. The van der Waals surface area contributed by atoms with Crippen LogP contribution in [-0.4, -0.2) is 28.8 Å². The molecule has 1 aromatic heterocycles. The number of fused-ring (bicyclic) bond motifs is 1. The number of ether oxygens (including phenoxy) is 1. The lowest BCUT2D eigenvalue weighted by Crippen LogP contribution is -2.41. The van der Waals surface area contributed by atoms with Gasteiger partial charge < -0.3 is 20.4 Å². The van der Waals surface area contributed by atoms with Crippen LogP contribution in [0.4, 0.5) is 4.79 Å². The number of amides is 1. The number of nitrogens with zero attached hydrogens (tertiary/aromatic N) is 1. The van der Waals surface area contributed by atoms with Crippen molar-refractivity contribution >= 4 is 17.0 Å². The zero-order chi connectivity index (χ0) is 16.3. The fourth-order valence-corrected chi connectivity index (χ4v) is 2.41. The number of carbonyl (C=O) groups is 1. The van der Waals surface area contributed by atoms with E-state index in [-0.39, 0.29) is 6.04 Å². The molecule has 0 radical (unpaired) electrons. The highest BCUT2D eigenvalue weighted by Gasteiger charge is 2.17. The molecule has 22 heavy (non-hydrogen) atoms. The first-order chi connectivity index (χ1) is 10.3. The van der Waals surface area contributed by atoms with E-state index in [2.05, 4.69) is 28.1 Å². The number of para-hydroxylation sites is 1. The molecule has 3 N–H and O–H groups in total. The smallest absolute Gasteiger partial charge is 0.407 e. The van der Waals surface area contributed by atoms with Crippen molar-refractivity contribution in [3.8, 4) is 0 Å². The van der Waals surface area contributed by atoms with Gasteiger partial charge >= 0.3 is 6.09 Å². The Morgan fingerprint density at radius 2 is 2.05 bits per heavy atom. The molecule has 120 valence electrons. The maximum atomic E-state index is 11.6. The number of rotatable bonds is 4. The third-order valence-electron chi connectivity index (χ3n) is 3.43. The predicted octanol–water partition coefficient (Wildman–Crippen LogP) is 2.57. The number of hydrogen-bond donors (Lipinski definition) is 2. The van der Waals surface area contributed by atoms with Crippen molar-refractivity contribution in [3.63, 3.8) is 0 Å². The number of aryl methyl sites for hydroxylation is 1. The van der Waals surface area contributed by atoms with Gasteiger partial charge in [0.1, 0.15) is 5.60 Å². The van der Waals surface area contributed by atoms with Crippen LogP contribution in [0.2, 0.25) is 0 Å². The first-order valence-electron chi connectivity index (χ1n) is 7.52. The zero-order valence-corrected chi connectivity index (χ0v) is 13.7. The molecule has 0 bridgehead atoms. The van der Waals surface area contributed by atoms with Crippen molar-refractivity contribution < 1.29 is 9.53 Å². The van der Waals surface area contributed by atoms with Crippen LogP contribution in [0.5, 0.6) is 0 Å². The molecule has 1 heterocycles. The highest BCUT2D eigenvalue weighted by atomic mass is 16.6. The third kappa shape index (κ3) is 4.24. The normalized spacial score (nSPS) is 13.1. The Hall–Kier alpha value is -2.01. The monoisotopic (exact) mass is 303 g/mol. The second kappa shape index (κ2) is 6.40. The molecule has 2 aromatic rings. The molecule has 0 saturated heterocycles. The van der Waals surface area contributed by atoms with Crippen molar-refractivity contribution in [2.45, 2.75) is 38.8 Å². The summed E-state index contributed by atoms with van der Waals surface area (Å²) in [6.45, 7) is 5.89. The SMILES string of the molecule is Cn1c(CC(N)CNC(=O)OC(C)(C)C)cc2ccccc21. The van der Waals surface area contributed by atoms with E-state index in [9.17, 15) is 4.79 Å². The fourth-order valence-electron chi connectivity index (χ4n) is 2.41. The molecular weight excluding hydrogens is 278 g/mol. The summed E-state index contributed by atoms with van der Waals surface area (Å²) in [4.78, 5) is 11.6. The molecule has 0 aliphatic rings. The van der Waals surface area contributed by atoms with Crippen LogP contribution in [-0.2, 0) is 18.2 Å². The van der Waals surface area contributed by atoms with Crippen LogP contribution in [0.15, 0.2) is 30.3 Å². The molecule has 0 fully saturated rings. The molecule has 0 aliphatic carbocycles. The van der Waals surface area contributed by atoms with Gasteiger partial charge in [-0.05, 0) is 38.3 Å². The van der Waals surface area contributed by atoms with Crippen molar-refractivity contribution in [2.24, 2.45) is 12.8 Å². The van der Waals surface area contributed by atoms with E-state index in [1.807, 2.05) is 40.0 Å². The van der Waals surface area contributed by atoms with Gasteiger partial charge in [-0.3, -0.25) is 0 Å². The average Bonchev–Trinajstić information content (AvgIpc) is 2.72. The fraction of sp³-hybridized carbons (Fsp3) is 0.471. The Balaban J connectivity index is 1.92. The topological polar surface area (TPSA) is 69.3 Å². The molecule has 1 unspecified atom stereocenters. The van der Waals surface area contributed by atoms with Crippen LogP contribution >= 0.6 is 0 Å². The minimum absolute atomic E-state index is 0.157. The van der Waals surface area contributed by atoms with Crippen molar-refractivity contribution in [1.82, 2.24) is 9.88 Å². The van der Waals surface area contributed by atoms with Gasteiger partial charge in [0, 0.05) is 37.3 Å². The van der Waals surface area contributed by atoms with Crippen LogP contribution in [0.1, 0.15) is 26.5 Å². The van der Waals surface area contributed by atoms with Crippen molar-refractivity contribution in [2.75, 3.05) is 6.54 Å². The first kappa shape index (κ1) is 16.4. The number of alkyl carbamates (subject to hydrolysis) is 1. The highest BCUT2D eigenvalue weighted by Crippen LogP contribution is 2.19. The summed E-state index contributed by atoms with van der Waals surface area (Å²) in [5.74, 6) is 0. The standard InChI is InChI=1S/C17H25N3O2/c1-17(2,3)22-16(21)19-11-13(18)10-14-9-12-7-5-6-8-15(12)20(14)4/h5-9,13H,10-11,18H2,1-4H3,(H,19,21). The summed E-state index contributed by atoms with van der Waals surface area (Å²) in [5.41, 5.74) is 7.97. The van der Waals surface area contributed by atoms with Gasteiger partial charge in [-0.2, -0.15) is 0 Å². The third-order valence-corrected chi connectivity index (χ3v) is 3.43. The molecular formula is C17H25N3O2. The summed E-state index contributed by atoms with van der Waals surface area (Å²) in [5, 5.41) is 3.92. The molecule has 2 rings (SSSR count). The number of benzene rings is 1. The largest absolute Gasteiger partial charge is 0.444 e.